The molecule has 0 aromatic carbocycles. The van der Waals surface area contributed by atoms with Crippen LogP contribution in [0.2, 0.25) is 5.02 Å². The van der Waals surface area contributed by atoms with Crippen LogP contribution in [0.4, 0.5) is 11.8 Å². The number of halogens is 1. The van der Waals surface area contributed by atoms with Crippen LogP contribution >= 0.6 is 11.6 Å². The van der Waals surface area contributed by atoms with E-state index in [4.69, 9.17) is 21.6 Å². The zero-order valence-corrected chi connectivity index (χ0v) is 19.4. The molecule has 2 aliphatic rings. The predicted octanol–water partition coefficient (Wildman–Crippen LogP) is 3.57. The van der Waals surface area contributed by atoms with Crippen LogP contribution in [0, 0.1) is 13.8 Å². The van der Waals surface area contributed by atoms with Gasteiger partial charge in [-0.15, -0.1) is 0 Å². The van der Waals surface area contributed by atoms with Crippen LogP contribution in [0.3, 0.4) is 0 Å². The number of hydrogen-bond acceptors (Lipinski definition) is 7. The second-order valence-corrected chi connectivity index (χ2v) is 9.01. The molecule has 0 unspecified atom stereocenters. The third kappa shape index (κ3) is 4.27. The zero-order chi connectivity index (χ0) is 22.1. The Morgan fingerprint density at radius 1 is 0.938 bits per heavy atom. The van der Waals surface area contributed by atoms with Crippen LogP contribution in [-0.2, 0) is 13.0 Å². The molecular weight excluding hydrogens is 422 g/mol. The SMILES string of the molecule is Cc1cnc(-c2cc(N3CCc4nc(N5CCCNCC5)ncc4C3)ncc2Cl)c(C)c1. The summed E-state index contributed by atoms with van der Waals surface area (Å²) in [5.74, 6) is 1.76. The largest absolute Gasteiger partial charge is 0.352 e. The fourth-order valence-corrected chi connectivity index (χ4v) is 4.67. The first-order chi connectivity index (χ1) is 15.6. The van der Waals surface area contributed by atoms with E-state index in [0.717, 1.165) is 97.5 Å². The van der Waals surface area contributed by atoms with Crippen molar-refractivity contribution < 1.29 is 0 Å². The maximum atomic E-state index is 6.52. The lowest BCUT2D eigenvalue weighted by Gasteiger charge is -2.30. The van der Waals surface area contributed by atoms with Crippen molar-refractivity contribution in [3.63, 3.8) is 0 Å². The lowest BCUT2D eigenvalue weighted by atomic mass is 10.0. The van der Waals surface area contributed by atoms with Gasteiger partial charge in [-0.05, 0) is 44.0 Å². The number of nitrogens with one attached hydrogen (secondary N) is 1. The van der Waals surface area contributed by atoms with Crippen molar-refractivity contribution in [2.75, 3.05) is 42.5 Å². The number of hydrogen-bond donors (Lipinski definition) is 1. The summed E-state index contributed by atoms with van der Waals surface area (Å²) in [6.45, 7) is 9.71. The number of aryl methyl sites for hydroxylation is 2. The van der Waals surface area contributed by atoms with E-state index in [9.17, 15) is 0 Å². The van der Waals surface area contributed by atoms with Crippen molar-refractivity contribution in [2.45, 2.75) is 33.2 Å². The van der Waals surface area contributed by atoms with E-state index in [1.165, 1.54) is 0 Å². The highest BCUT2D eigenvalue weighted by Crippen LogP contribution is 2.32. The third-order valence-electron chi connectivity index (χ3n) is 6.18. The second-order valence-electron chi connectivity index (χ2n) is 8.60. The van der Waals surface area contributed by atoms with Gasteiger partial charge < -0.3 is 15.1 Å². The van der Waals surface area contributed by atoms with Gasteiger partial charge in [-0.3, -0.25) is 4.98 Å². The van der Waals surface area contributed by atoms with E-state index in [1.807, 2.05) is 19.3 Å². The van der Waals surface area contributed by atoms with E-state index in [2.05, 4.69) is 44.1 Å². The first-order valence-corrected chi connectivity index (χ1v) is 11.6. The fraction of sp³-hybridized carbons (Fsp3) is 0.417. The van der Waals surface area contributed by atoms with Gasteiger partial charge in [0.25, 0.3) is 0 Å². The molecule has 8 heteroatoms. The number of pyridine rings is 2. The molecule has 2 aliphatic heterocycles. The summed E-state index contributed by atoms with van der Waals surface area (Å²) in [5.41, 5.74) is 6.38. The Morgan fingerprint density at radius 3 is 2.72 bits per heavy atom. The Morgan fingerprint density at radius 2 is 1.84 bits per heavy atom. The van der Waals surface area contributed by atoms with Gasteiger partial charge in [-0.1, -0.05) is 17.7 Å². The Bertz CT molecular complexity index is 1130. The fourth-order valence-electron chi connectivity index (χ4n) is 4.48. The van der Waals surface area contributed by atoms with E-state index >= 15 is 0 Å². The van der Waals surface area contributed by atoms with Crippen molar-refractivity contribution >= 4 is 23.4 Å². The summed E-state index contributed by atoms with van der Waals surface area (Å²) in [7, 11) is 0. The van der Waals surface area contributed by atoms with Crippen LogP contribution < -0.4 is 15.1 Å². The summed E-state index contributed by atoms with van der Waals surface area (Å²) < 4.78 is 0. The number of aromatic nitrogens is 4. The van der Waals surface area contributed by atoms with Gasteiger partial charge in [0.2, 0.25) is 5.95 Å². The van der Waals surface area contributed by atoms with Crippen molar-refractivity contribution in [1.29, 1.82) is 0 Å². The molecule has 1 N–H and O–H groups in total. The Labute approximate surface area is 193 Å². The molecule has 0 saturated carbocycles. The average Bonchev–Trinajstić information content (AvgIpc) is 3.09. The van der Waals surface area contributed by atoms with Gasteiger partial charge in [-0.2, -0.15) is 0 Å². The molecule has 0 amide bonds. The quantitative estimate of drug-likeness (QED) is 0.655. The first kappa shape index (κ1) is 21.1. The summed E-state index contributed by atoms with van der Waals surface area (Å²) in [4.78, 5) is 23.4. The summed E-state index contributed by atoms with van der Waals surface area (Å²) >= 11 is 6.52. The van der Waals surface area contributed by atoms with Gasteiger partial charge in [0.15, 0.2) is 0 Å². The summed E-state index contributed by atoms with van der Waals surface area (Å²) in [6.07, 6.45) is 7.60. The third-order valence-corrected chi connectivity index (χ3v) is 6.48. The van der Waals surface area contributed by atoms with Crippen LogP contribution in [0.5, 0.6) is 0 Å². The smallest absolute Gasteiger partial charge is 0.225 e. The highest BCUT2D eigenvalue weighted by atomic mass is 35.5. The molecule has 5 rings (SSSR count). The minimum absolute atomic E-state index is 0.616. The molecule has 0 bridgehead atoms. The normalized spacial score (nSPS) is 16.6. The molecule has 3 aromatic heterocycles. The maximum absolute atomic E-state index is 6.52. The van der Waals surface area contributed by atoms with Crippen molar-refractivity contribution in [3.8, 4) is 11.3 Å². The lowest BCUT2D eigenvalue weighted by molar-refractivity contribution is 0.687. The summed E-state index contributed by atoms with van der Waals surface area (Å²) in [5, 5.41) is 4.05. The van der Waals surface area contributed by atoms with E-state index in [0.29, 0.717) is 5.02 Å². The molecule has 3 aromatic rings. The van der Waals surface area contributed by atoms with Crippen LogP contribution in [0.15, 0.2) is 30.7 Å². The molecule has 0 radical (unpaired) electrons. The maximum Gasteiger partial charge on any atom is 0.225 e. The molecule has 0 spiro atoms. The topological polar surface area (TPSA) is 70.1 Å². The summed E-state index contributed by atoms with van der Waals surface area (Å²) in [6, 6.07) is 4.18. The lowest BCUT2D eigenvalue weighted by Crippen LogP contribution is -2.34. The van der Waals surface area contributed by atoms with Crippen LogP contribution in [0.1, 0.15) is 28.8 Å². The molecular formula is C24H28ClN7. The van der Waals surface area contributed by atoms with Gasteiger partial charge in [0.1, 0.15) is 5.82 Å². The Kier molecular flexibility index (Phi) is 5.93. The molecule has 1 saturated heterocycles. The molecule has 7 nitrogen and oxygen atoms in total. The minimum atomic E-state index is 0.616. The molecule has 32 heavy (non-hydrogen) atoms. The number of fused-ring (bicyclic) bond motifs is 1. The van der Waals surface area contributed by atoms with Crippen LogP contribution in [-0.4, -0.2) is 52.7 Å². The Balaban J connectivity index is 1.39. The molecule has 1 fully saturated rings. The zero-order valence-electron chi connectivity index (χ0n) is 18.6. The van der Waals surface area contributed by atoms with Crippen molar-refractivity contribution in [2.24, 2.45) is 0 Å². The van der Waals surface area contributed by atoms with E-state index < -0.39 is 0 Å². The molecule has 166 valence electrons. The molecule has 0 aliphatic carbocycles. The number of rotatable bonds is 3. The van der Waals surface area contributed by atoms with E-state index in [1.54, 1.807) is 6.20 Å². The second kappa shape index (κ2) is 9.00. The molecule has 5 heterocycles. The average molecular weight is 450 g/mol. The van der Waals surface area contributed by atoms with Gasteiger partial charge in [0.05, 0.1) is 16.4 Å². The highest BCUT2D eigenvalue weighted by Gasteiger charge is 2.22. The van der Waals surface area contributed by atoms with E-state index in [-0.39, 0.29) is 0 Å². The Hall–Kier alpha value is -2.77. The number of nitrogens with zero attached hydrogens (tertiary/aromatic N) is 6. The predicted molar refractivity (Wildman–Crippen MR) is 128 cm³/mol. The molecule has 0 atom stereocenters. The first-order valence-electron chi connectivity index (χ1n) is 11.2. The van der Waals surface area contributed by atoms with Crippen molar-refractivity contribution in [1.82, 2.24) is 25.3 Å². The number of anilines is 2. The van der Waals surface area contributed by atoms with Gasteiger partial charge in [-0.25, -0.2) is 15.0 Å². The minimum Gasteiger partial charge on any atom is -0.352 e. The van der Waals surface area contributed by atoms with Gasteiger partial charge in [0, 0.05) is 68.9 Å². The highest BCUT2D eigenvalue weighted by molar-refractivity contribution is 6.33. The standard InChI is InChI=1S/C24H28ClN7/c1-16-10-17(2)23(28-12-16)19-11-22(27-14-20(19)25)32-8-4-21-18(15-32)13-29-24(30-21)31-7-3-5-26-6-9-31/h10-14,26H,3-9,15H2,1-2H3. The monoisotopic (exact) mass is 449 g/mol. The van der Waals surface area contributed by atoms with Crippen molar-refractivity contribution in [3.05, 3.63) is 58.1 Å². The van der Waals surface area contributed by atoms with Crippen LogP contribution in [0.25, 0.3) is 11.3 Å². The van der Waals surface area contributed by atoms with Gasteiger partial charge >= 0.3 is 0 Å².